The summed E-state index contributed by atoms with van der Waals surface area (Å²) in [5.41, 5.74) is 1.60. The van der Waals surface area contributed by atoms with Gasteiger partial charge in [-0.2, -0.15) is 10.2 Å². The molecule has 5 heteroatoms. The number of ether oxygens (including phenoxy) is 2. The van der Waals surface area contributed by atoms with Crippen molar-refractivity contribution >= 4 is 27.3 Å². The standard InChI is InChI=1S/C23H31BrN2O2/c1-27-22-14-10-20(11-15-22)25-26-21-12-16-23(17-13-21)28-19-9-7-5-3-2-4-6-8-18-24/h10-17H,2-9,18-19H2,1H3. The molecule has 0 fully saturated rings. The van der Waals surface area contributed by atoms with Gasteiger partial charge in [-0.15, -0.1) is 0 Å². The normalized spacial score (nSPS) is 11.1. The van der Waals surface area contributed by atoms with Crippen LogP contribution in [0.1, 0.15) is 51.4 Å². The predicted molar refractivity (Wildman–Crippen MR) is 120 cm³/mol. The van der Waals surface area contributed by atoms with E-state index in [4.69, 9.17) is 9.47 Å². The molecule has 152 valence electrons. The zero-order valence-electron chi connectivity index (χ0n) is 16.8. The van der Waals surface area contributed by atoms with Gasteiger partial charge in [-0.25, -0.2) is 0 Å². The van der Waals surface area contributed by atoms with E-state index < -0.39 is 0 Å². The van der Waals surface area contributed by atoms with Crippen LogP contribution in [0.25, 0.3) is 0 Å². The van der Waals surface area contributed by atoms with Gasteiger partial charge >= 0.3 is 0 Å². The van der Waals surface area contributed by atoms with Crippen molar-refractivity contribution in [3.8, 4) is 11.5 Å². The van der Waals surface area contributed by atoms with E-state index in [1.807, 2.05) is 48.5 Å². The molecule has 0 unspecified atom stereocenters. The Hall–Kier alpha value is -1.88. The van der Waals surface area contributed by atoms with Crippen LogP contribution in [0, 0.1) is 0 Å². The third-order valence-corrected chi connectivity index (χ3v) is 5.05. The summed E-state index contributed by atoms with van der Waals surface area (Å²) in [5, 5.41) is 9.63. The first-order valence-corrected chi connectivity index (χ1v) is 11.3. The Balaban J connectivity index is 1.60. The van der Waals surface area contributed by atoms with E-state index in [1.165, 1.54) is 44.9 Å². The van der Waals surface area contributed by atoms with E-state index in [-0.39, 0.29) is 0 Å². The molecule has 2 rings (SSSR count). The average Bonchev–Trinajstić information content (AvgIpc) is 2.75. The zero-order valence-corrected chi connectivity index (χ0v) is 18.4. The number of alkyl halides is 1. The van der Waals surface area contributed by atoms with Crippen LogP contribution in [0.15, 0.2) is 58.8 Å². The van der Waals surface area contributed by atoms with Crippen molar-refractivity contribution in [3.63, 3.8) is 0 Å². The van der Waals surface area contributed by atoms with Crippen LogP contribution in [0.4, 0.5) is 11.4 Å². The molecular weight excluding hydrogens is 416 g/mol. The molecule has 0 saturated carbocycles. The van der Waals surface area contributed by atoms with Crippen molar-refractivity contribution in [1.82, 2.24) is 0 Å². The number of benzene rings is 2. The highest BCUT2D eigenvalue weighted by Crippen LogP contribution is 2.23. The smallest absolute Gasteiger partial charge is 0.119 e. The lowest BCUT2D eigenvalue weighted by Gasteiger charge is -2.06. The molecule has 0 saturated heterocycles. The third-order valence-electron chi connectivity index (χ3n) is 4.49. The molecule has 0 heterocycles. The van der Waals surface area contributed by atoms with Crippen molar-refractivity contribution in [2.75, 3.05) is 19.0 Å². The summed E-state index contributed by atoms with van der Waals surface area (Å²) in [6.45, 7) is 0.774. The number of azo groups is 1. The van der Waals surface area contributed by atoms with Gasteiger partial charge in [-0.3, -0.25) is 0 Å². The Morgan fingerprint density at radius 3 is 1.61 bits per heavy atom. The lowest BCUT2D eigenvalue weighted by Crippen LogP contribution is -1.96. The van der Waals surface area contributed by atoms with E-state index >= 15 is 0 Å². The van der Waals surface area contributed by atoms with Crippen LogP contribution < -0.4 is 9.47 Å². The summed E-state index contributed by atoms with van der Waals surface area (Å²) in [5.74, 6) is 1.70. The molecule has 0 amide bonds. The number of hydrogen-bond donors (Lipinski definition) is 0. The Morgan fingerprint density at radius 2 is 1.11 bits per heavy atom. The van der Waals surface area contributed by atoms with E-state index in [9.17, 15) is 0 Å². The second-order valence-corrected chi connectivity index (χ2v) is 7.55. The molecule has 2 aromatic carbocycles. The van der Waals surface area contributed by atoms with Crippen molar-refractivity contribution in [2.45, 2.75) is 51.4 Å². The van der Waals surface area contributed by atoms with Gasteiger partial charge in [0.05, 0.1) is 25.1 Å². The summed E-state index contributed by atoms with van der Waals surface area (Å²) >= 11 is 3.48. The maximum Gasteiger partial charge on any atom is 0.119 e. The number of hydrogen-bond acceptors (Lipinski definition) is 4. The van der Waals surface area contributed by atoms with Crippen LogP contribution >= 0.6 is 15.9 Å². The molecule has 0 aromatic heterocycles. The molecule has 2 aromatic rings. The average molecular weight is 447 g/mol. The van der Waals surface area contributed by atoms with Gasteiger partial charge in [0.2, 0.25) is 0 Å². The highest BCUT2D eigenvalue weighted by molar-refractivity contribution is 9.09. The van der Waals surface area contributed by atoms with Gasteiger partial charge in [0.1, 0.15) is 11.5 Å². The summed E-state index contributed by atoms with van der Waals surface area (Å²) in [7, 11) is 1.65. The second kappa shape index (κ2) is 14.2. The molecule has 0 atom stereocenters. The predicted octanol–water partition coefficient (Wildman–Crippen LogP) is 8.01. The van der Waals surface area contributed by atoms with E-state index in [1.54, 1.807) is 7.11 Å². The molecule has 0 N–H and O–H groups in total. The molecule has 0 aliphatic heterocycles. The minimum Gasteiger partial charge on any atom is -0.497 e. The molecule has 0 bridgehead atoms. The lowest BCUT2D eigenvalue weighted by atomic mass is 10.1. The van der Waals surface area contributed by atoms with Crippen LogP contribution in [-0.4, -0.2) is 19.0 Å². The largest absolute Gasteiger partial charge is 0.497 e. The quantitative estimate of drug-likeness (QED) is 0.167. The van der Waals surface area contributed by atoms with Gasteiger partial charge in [0.25, 0.3) is 0 Å². The van der Waals surface area contributed by atoms with Gasteiger partial charge in [-0.05, 0) is 61.4 Å². The lowest BCUT2D eigenvalue weighted by molar-refractivity contribution is 0.304. The van der Waals surface area contributed by atoms with Gasteiger partial charge in [0, 0.05) is 5.33 Å². The minimum atomic E-state index is 0.774. The van der Waals surface area contributed by atoms with Crippen LogP contribution in [0.3, 0.4) is 0 Å². The molecule has 0 radical (unpaired) electrons. The number of unbranched alkanes of at least 4 members (excludes halogenated alkanes) is 7. The maximum absolute atomic E-state index is 5.82. The van der Waals surface area contributed by atoms with Crippen LogP contribution in [-0.2, 0) is 0 Å². The molecular formula is C23H31BrN2O2. The fourth-order valence-electron chi connectivity index (χ4n) is 2.82. The number of methoxy groups -OCH3 is 1. The minimum absolute atomic E-state index is 0.774. The molecule has 0 aliphatic rings. The van der Waals surface area contributed by atoms with Crippen molar-refractivity contribution in [2.24, 2.45) is 10.2 Å². The van der Waals surface area contributed by atoms with Gasteiger partial charge in [0.15, 0.2) is 0 Å². The summed E-state index contributed by atoms with van der Waals surface area (Å²) in [6, 6.07) is 15.3. The number of halogens is 1. The maximum atomic E-state index is 5.82. The van der Waals surface area contributed by atoms with Crippen molar-refractivity contribution in [3.05, 3.63) is 48.5 Å². The van der Waals surface area contributed by atoms with Crippen LogP contribution in [0.2, 0.25) is 0 Å². The molecule has 4 nitrogen and oxygen atoms in total. The first-order chi connectivity index (χ1) is 13.8. The zero-order chi connectivity index (χ0) is 19.9. The summed E-state index contributed by atoms with van der Waals surface area (Å²) < 4.78 is 11.0. The van der Waals surface area contributed by atoms with Crippen molar-refractivity contribution < 1.29 is 9.47 Å². The highest BCUT2D eigenvalue weighted by Gasteiger charge is 1.97. The second-order valence-electron chi connectivity index (χ2n) is 6.76. The van der Waals surface area contributed by atoms with E-state index in [0.717, 1.165) is 41.2 Å². The Kier molecular flexibility index (Phi) is 11.3. The summed E-state index contributed by atoms with van der Waals surface area (Å²) in [6.07, 6.45) is 10.4. The third kappa shape index (κ3) is 9.36. The monoisotopic (exact) mass is 446 g/mol. The number of nitrogens with zero attached hydrogens (tertiary/aromatic N) is 2. The van der Waals surface area contributed by atoms with Crippen molar-refractivity contribution in [1.29, 1.82) is 0 Å². The van der Waals surface area contributed by atoms with E-state index in [0.29, 0.717) is 0 Å². The Labute approximate surface area is 177 Å². The fraction of sp³-hybridized carbons (Fsp3) is 0.478. The Morgan fingerprint density at radius 1 is 0.643 bits per heavy atom. The van der Waals surface area contributed by atoms with Crippen LogP contribution in [0.5, 0.6) is 11.5 Å². The molecule has 28 heavy (non-hydrogen) atoms. The SMILES string of the molecule is COc1ccc(N=Nc2ccc(OCCCCCCCCCCBr)cc2)cc1. The van der Waals surface area contributed by atoms with E-state index in [2.05, 4.69) is 26.2 Å². The molecule has 0 aliphatic carbocycles. The topological polar surface area (TPSA) is 43.2 Å². The first-order valence-electron chi connectivity index (χ1n) is 10.2. The first kappa shape index (κ1) is 22.4. The number of rotatable bonds is 14. The Bertz CT molecular complexity index is 672. The molecule has 0 spiro atoms. The summed E-state index contributed by atoms with van der Waals surface area (Å²) in [4.78, 5) is 0. The van der Waals surface area contributed by atoms with Gasteiger partial charge in [-0.1, -0.05) is 54.5 Å². The fourth-order valence-corrected chi connectivity index (χ4v) is 3.22. The highest BCUT2D eigenvalue weighted by atomic mass is 79.9. The van der Waals surface area contributed by atoms with Gasteiger partial charge < -0.3 is 9.47 Å².